The van der Waals surface area contributed by atoms with Crippen molar-refractivity contribution in [1.82, 2.24) is 20.4 Å². The molecule has 178 valence electrons. The zero-order valence-corrected chi connectivity index (χ0v) is 19.9. The van der Waals surface area contributed by atoms with Crippen LogP contribution in [0.2, 0.25) is 0 Å². The van der Waals surface area contributed by atoms with Crippen molar-refractivity contribution in [3.63, 3.8) is 0 Å². The summed E-state index contributed by atoms with van der Waals surface area (Å²) >= 11 is 0. The van der Waals surface area contributed by atoms with Gasteiger partial charge in [0.05, 0.1) is 5.69 Å². The molecule has 3 aliphatic rings. The molecular weight excluding hydrogens is 403 g/mol. The first kappa shape index (κ1) is 23.3. The average molecular weight is 445 g/mol. The smallest absolute Gasteiger partial charge is 0.191 e. The summed E-state index contributed by atoms with van der Waals surface area (Å²) in [5, 5.41) is 7.17. The Morgan fingerprint density at radius 2 is 1.81 bits per heavy atom. The zero-order chi connectivity index (χ0) is 22.3. The van der Waals surface area contributed by atoms with Crippen molar-refractivity contribution in [2.75, 3.05) is 57.8 Å². The minimum absolute atomic E-state index is 0.119. The highest BCUT2D eigenvalue weighted by atomic mass is 19.1. The number of halogens is 1. The normalized spacial score (nSPS) is 27.4. The lowest BCUT2D eigenvalue weighted by molar-refractivity contribution is 0.0526. The number of guanidine groups is 1. The molecule has 0 aromatic heterocycles. The molecule has 0 spiro atoms. The Balaban J connectivity index is 1.19. The van der Waals surface area contributed by atoms with E-state index in [1.165, 1.54) is 32.1 Å². The standard InChI is InChI=1S/C25H41FN6/c1-3-27-25(29-20-18-21-8-6-9-22(19-20)30(21)2)28-12-7-13-31-14-16-32(17-15-31)24-11-5-4-10-23(24)26/h4-5,10-11,20-22H,3,6-9,12-19H2,1-2H3,(H2,27,28,29). The molecular formula is C25H41FN6. The molecule has 2 atom stereocenters. The van der Waals surface area contributed by atoms with Crippen LogP contribution in [-0.2, 0) is 0 Å². The van der Waals surface area contributed by atoms with Gasteiger partial charge in [0.1, 0.15) is 5.82 Å². The third kappa shape index (κ3) is 5.93. The van der Waals surface area contributed by atoms with Crippen LogP contribution < -0.4 is 15.5 Å². The fourth-order valence-corrected chi connectivity index (χ4v) is 5.65. The van der Waals surface area contributed by atoms with Crippen LogP contribution in [0.1, 0.15) is 45.4 Å². The van der Waals surface area contributed by atoms with Crippen LogP contribution >= 0.6 is 0 Å². The number of piperazine rings is 1. The number of hydrogen-bond acceptors (Lipinski definition) is 4. The monoisotopic (exact) mass is 444 g/mol. The molecule has 2 bridgehead atoms. The van der Waals surface area contributed by atoms with Gasteiger partial charge in [-0.25, -0.2) is 4.39 Å². The first-order chi connectivity index (χ1) is 15.6. The molecule has 2 unspecified atom stereocenters. The molecule has 1 aromatic carbocycles. The van der Waals surface area contributed by atoms with Crippen molar-refractivity contribution in [2.24, 2.45) is 4.99 Å². The van der Waals surface area contributed by atoms with E-state index < -0.39 is 0 Å². The van der Waals surface area contributed by atoms with Crippen LogP contribution in [-0.4, -0.2) is 86.7 Å². The van der Waals surface area contributed by atoms with Gasteiger partial charge >= 0.3 is 0 Å². The summed E-state index contributed by atoms with van der Waals surface area (Å²) in [6.45, 7) is 8.64. The third-order valence-corrected chi connectivity index (χ3v) is 7.49. The van der Waals surface area contributed by atoms with Crippen LogP contribution in [0.15, 0.2) is 29.3 Å². The average Bonchev–Trinajstić information content (AvgIpc) is 2.78. The fraction of sp³-hybridized carbons (Fsp3) is 0.720. The highest BCUT2D eigenvalue weighted by molar-refractivity contribution is 5.80. The summed E-state index contributed by atoms with van der Waals surface area (Å²) in [4.78, 5) is 12.1. The molecule has 7 heteroatoms. The lowest BCUT2D eigenvalue weighted by atomic mass is 9.82. The Morgan fingerprint density at radius 1 is 1.09 bits per heavy atom. The molecule has 0 radical (unpaired) electrons. The lowest BCUT2D eigenvalue weighted by Crippen LogP contribution is -2.56. The molecule has 6 nitrogen and oxygen atoms in total. The quantitative estimate of drug-likeness (QED) is 0.385. The number of piperidine rings is 2. The van der Waals surface area contributed by atoms with E-state index in [1.54, 1.807) is 12.1 Å². The summed E-state index contributed by atoms with van der Waals surface area (Å²) in [7, 11) is 2.31. The predicted molar refractivity (Wildman–Crippen MR) is 131 cm³/mol. The zero-order valence-electron chi connectivity index (χ0n) is 19.9. The molecule has 3 aliphatic heterocycles. The van der Waals surface area contributed by atoms with Gasteiger partial charge in [0.25, 0.3) is 0 Å². The van der Waals surface area contributed by atoms with E-state index >= 15 is 0 Å². The second-order valence-corrected chi connectivity index (χ2v) is 9.61. The highest BCUT2D eigenvalue weighted by Gasteiger charge is 2.36. The number of aliphatic imine (C=N–C) groups is 1. The number of anilines is 1. The van der Waals surface area contributed by atoms with E-state index in [2.05, 4.69) is 39.3 Å². The van der Waals surface area contributed by atoms with Gasteiger partial charge in [-0.3, -0.25) is 9.89 Å². The molecule has 1 aromatic rings. The van der Waals surface area contributed by atoms with E-state index in [1.807, 2.05) is 12.1 Å². The number of hydrogen-bond donors (Lipinski definition) is 2. The molecule has 32 heavy (non-hydrogen) atoms. The minimum atomic E-state index is -0.119. The van der Waals surface area contributed by atoms with Crippen molar-refractivity contribution < 1.29 is 4.39 Å². The largest absolute Gasteiger partial charge is 0.367 e. The fourth-order valence-electron chi connectivity index (χ4n) is 5.65. The lowest BCUT2D eigenvalue weighted by Gasteiger charge is -2.47. The Kier molecular flexibility index (Phi) is 8.25. The Hall–Kier alpha value is -1.86. The van der Waals surface area contributed by atoms with Crippen LogP contribution in [0.25, 0.3) is 0 Å². The van der Waals surface area contributed by atoms with E-state index in [0.717, 1.165) is 76.0 Å². The highest BCUT2D eigenvalue weighted by Crippen LogP contribution is 2.32. The van der Waals surface area contributed by atoms with Gasteiger partial charge in [0, 0.05) is 63.9 Å². The summed E-state index contributed by atoms with van der Waals surface area (Å²) in [6.07, 6.45) is 7.56. The first-order valence-electron chi connectivity index (χ1n) is 12.6. The molecule has 4 rings (SSSR count). The Labute approximate surface area is 193 Å². The van der Waals surface area contributed by atoms with E-state index in [9.17, 15) is 4.39 Å². The van der Waals surface area contributed by atoms with E-state index in [4.69, 9.17) is 4.99 Å². The topological polar surface area (TPSA) is 46.1 Å². The van der Waals surface area contributed by atoms with Gasteiger partial charge in [-0.05, 0) is 58.2 Å². The maximum absolute atomic E-state index is 14.0. The SMILES string of the molecule is CCNC(=NCCCN1CCN(c2ccccc2F)CC1)NC1CC2CCCC(C1)N2C. The van der Waals surface area contributed by atoms with Gasteiger partial charge in [-0.15, -0.1) is 0 Å². The van der Waals surface area contributed by atoms with Gasteiger partial charge in [-0.1, -0.05) is 18.6 Å². The van der Waals surface area contributed by atoms with Gasteiger partial charge in [0.15, 0.2) is 5.96 Å². The van der Waals surface area contributed by atoms with E-state index in [-0.39, 0.29) is 5.82 Å². The first-order valence-corrected chi connectivity index (χ1v) is 12.6. The number of benzene rings is 1. The van der Waals surface area contributed by atoms with Crippen molar-refractivity contribution in [3.8, 4) is 0 Å². The van der Waals surface area contributed by atoms with Crippen molar-refractivity contribution in [2.45, 2.75) is 63.6 Å². The Bertz CT molecular complexity index is 734. The maximum Gasteiger partial charge on any atom is 0.191 e. The van der Waals surface area contributed by atoms with Crippen LogP contribution in [0, 0.1) is 5.82 Å². The van der Waals surface area contributed by atoms with Gasteiger partial charge in [-0.2, -0.15) is 0 Å². The number of nitrogens with one attached hydrogen (secondary N) is 2. The summed E-state index contributed by atoms with van der Waals surface area (Å²) in [5.74, 6) is 0.858. The maximum atomic E-state index is 14.0. The second-order valence-electron chi connectivity index (χ2n) is 9.61. The number of nitrogens with zero attached hydrogens (tertiary/aromatic N) is 4. The van der Waals surface area contributed by atoms with Crippen molar-refractivity contribution >= 4 is 11.6 Å². The Morgan fingerprint density at radius 3 is 2.50 bits per heavy atom. The van der Waals surface area contributed by atoms with Gasteiger partial charge in [0.2, 0.25) is 0 Å². The predicted octanol–water partition coefficient (Wildman–Crippen LogP) is 2.91. The molecule has 0 amide bonds. The number of para-hydroxylation sites is 1. The minimum Gasteiger partial charge on any atom is -0.367 e. The molecule has 3 fully saturated rings. The molecule has 0 saturated carbocycles. The number of rotatable bonds is 7. The van der Waals surface area contributed by atoms with Crippen LogP contribution in [0.3, 0.4) is 0 Å². The van der Waals surface area contributed by atoms with Crippen LogP contribution in [0.4, 0.5) is 10.1 Å². The second kappa shape index (κ2) is 11.3. The molecule has 3 saturated heterocycles. The summed E-state index contributed by atoms with van der Waals surface area (Å²) in [5.41, 5.74) is 0.733. The summed E-state index contributed by atoms with van der Waals surface area (Å²) < 4.78 is 14.0. The number of fused-ring (bicyclic) bond motifs is 2. The van der Waals surface area contributed by atoms with E-state index in [0.29, 0.717) is 6.04 Å². The summed E-state index contributed by atoms with van der Waals surface area (Å²) in [6, 6.07) is 9.09. The van der Waals surface area contributed by atoms with Crippen molar-refractivity contribution in [3.05, 3.63) is 30.1 Å². The van der Waals surface area contributed by atoms with Gasteiger partial charge < -0.3 is 20.4 Å². The molecule has 0 aliphatic carbocycles. The van der Waals surface area contributed by atoms with Crippen LogP contribution in [0.5, 0.6) is 0 Å². The molecule has 2 N–H and O–H groups in total. The third-order valence-electron chi connectivity index (χ3n) is 7.49. The molecule has 3 heterocycles. The van der Waals surface area contributed by atoms with Crippen molar-refractivity contribution in [1.29, 1.82) is 0 Å².